The highest BCUT2D eigenvalue weighted by atomic mass is 16.5. The van der Waals surface area contributed by atoms with E-state index in [9.17, 15) is 0 Å². The summed E-state index contributed by atoms with van der Waals surface area (Å²) < 4.78 is 11.1. The summed E-state index contributed by atoms with van der Waals surface area (Å²) in [4.78, 5) is 15.7. The highest BCUT2D eigenvalue weighted by molar-refractivity contribution is 5.53. The number of rotatable bonds is 4. The Morgan fingerprint density at radius 2 is 2.08 bits per heavy atom. The molecule has 8 nitrogen and oxygen atoms in total. The Kier molecular flexibility index (Phi) is 4.52. The average Bonchev–Trinajstić information content (AvgIpc) is 3.09. The van der Waals surface area contributed by atoms with E-state index < -0.39 is 0 Å². The van der Waals surface area contributed by atoms with Gasteiger partial charge < -0.3 is 19.9 Å². The van der Waals surface area contributed by atoms with E-state index in [4.69, 9.17) is 15.0 Å². The predicted octanol–water partition coefficient (Wildman–Crippen LogP) is 1.33. The summed E-state index contributed by atoms with van der Waals surface area (Å²) in [5.74, 6) is 2.72. The van der Waals surface area contributed by atoms with Gasteiger partial charge in [0.15, 0.2) is 5.82 Å². The van der Waals surface area contributed by atoms with Crippen molar-refractivity contribution in [1.82, 2.24) is 20.1 Å². The van der Waals surface area contributed by atoms with E-state index in [0.717, 1.165) is 43.9 Å². The molecule has 0 amide bonds. The number of hydrogen-bond acceptors (Lipinski definition) is 8. The topological polar surface area (TPSA) is 103 Å². The van der Waals surface area contributed by atoms with E-state index in [1.165, 1.54) is 18.4 Å². The maximum absolute atomic E-state index is 5.95. The van der Waals surface area contributed by atoms with E-state index >= 15 is 0 Å². The van der Waals surface area contributed by atoms with Crippen LogP contribution >= 0.6 is 0 Å². The van der Waals surface area contributed by atoms with Gasteiger partial charge in [0, 0.05) is 31.5 Å². The van der Waals surface area contributed by atoms with Crippen LogP contribution in [-0.4, -0.2) is 45.9 Å². The standard InChI is InChI=1S/C17H24N6O2/c1-2-15-20-14(22-25-15)9-11-10-23(7-8-24-11)16-12-5-3-4-6-13(12)19-17(18)21-16/h11H,2-10H2,1H3,(H2,18,19,21)/t11-/m1/s1. The van der Waals surface area contributed by atoms with Crippen molar-refractivity contribution in [3.63, 3.8) is 0 Å². The molecule has 2 N–H and O–H groups in total. The molecule has 0 bridgehead atoms. The van der Waals surface area contributed by atoms with Crippen molar-refractivity contribution in [1.29, 1.82) is 0 Å². The summed E-state index contributed by atoms with van der Waals surface area (Å²) in [6.45, 7) is 4.21. The van der Waals surface area contributed by atoms with Crippen molar-refractivity contribution in [2.24, 2.45) is 0 Å². The van der Waals surface area contributed by atoms with Gasteiger partial charge in [0.25, 0.3) is 0 Å². The molecule has 1 aliphatic carbocycles. The molecule has 3 heterocycles. The van der Waals surface area contributed by atoms with Crippen LogP contribution in [0.4, 0.5) is 11.8 Å². The van der Waals surface area contributed by atoms with Crippen LogP contribution in [0.5, 0.6) is 0 Å². The maximum atomic E-state index is 5.95. The van der Waals surface area contributed by atoms with E-state index in [0.29, 0.717) is 30.7 Å². The normalized spacial score (nSPS) is 20.5. The molecule has 0 unspecified atom stereocenters. The Balaban J connectivity index is 1.52. The lowest BCUT2D eigenvalue weighted by atomic mass is 9.96. The Morgan fingerprint density at radius 3 is 2.92 bits per heavy atom. The predicted molar refractivity (Wildman–Crippen MR) is 92.4 cm³/mol. The monoisotopic (exact) mass is 344 g/mol. The molecule has 2 aromatic rings. The molecule has 1 fully saturated rings. The molecule has 134 valence electrons. The fourth-order valence-corrected chi connectivity index (χ4v) is 3.61. The number of aromatic nitrogens is 4. The highest BCUT2D eigenvalue weighted by Crippen LogP contribution is 2.29. The molecule has 0 radical (unpaired) electrons. The number of ether oxygens (including phenoxy) is 1. The van der Waals surface area contributed by atoms with Gasteiger partial charge >= 0.3 is 0 Å². The first-order valence-corrected chi connectivity index (χ1v) is 9.06. The molecule has 1 atom stereocenters. The first kappa shape index (κ1) is 16.3. The first-order valence-electron chi connectivity index (χ1n) is 9.06. The zero-order chi connectivity index (χ0) is 17.2. The second-order valence-electron chi connectivity index (χ2n) is 6.64. The molecular weight excluding hydrogens is 320 g/mol. The van der Waals surface area contributed by atoms with Gasteiger partial charge in [0.05, 0.1) is 18.4 Å². The minimum absolute atomic E-state index is 0.0199. The summed E-state index contributed by atoms with van der Waals surface area (Å²) in [6.07, 6.45) is 5.78. The minimum Gasteiger partial charge on any atom is -0.374 e. The zero-order valence-corrected chi connectivity index (χ0v) is 14.6. The molecule has 4 rings (SSSR count). The molecule has 0 aromatic carbocycles. The quantitative estimate of drug-likeness (QED) is 0.886. The largest absolute Gasteiger partial charge is 0.374 e. The van der Waals surface area contributed by atoms with Crippen molar-refractivity contribution < 1.29 is 9.26 Å². The van der Waals surface area contributed by atoms with E-state index in [-0.39, 0.29) is 6.10 Å². The van der Waals surface area contributed by atoms with Crippen LogP contribution in [0, 0.1) is 0 Å². The number of aryl methyl sites for hydroxylation is 2. The highest BCUT2D eigenvalue weighted by Gasteiger charge is 2.27. The number of anilines is 2. The van der Waals surface area contributed by atoms with Crippen LogP contribution < -0.4 is 10.6 Å². The summed E-state index contributed by atoms with van der Waals surface area (Å²) in [5, 5.41) is 4.03. The van der Waals surface area contributed by atoms with E-state index in [1.807, 2.05) is 6.92 Å². The van der Waals surface area contributed by atoms with Gasteiger partial charge in [0.1, 0.15) is 5.82 Å². The molecule has 2 aromatic heterocycles. The molecule has 1 saturated heterocycles. The molecule has 2 aliphatic rings. The Hall–Kier alpha value is -2.22. The summed E-state index contributed by atoms with van der Waals surface area (Å²) in [5.41, 5.74) is 8.32. The number of fused-ring (bicyclic) bond motifs is 1. The summed E-state index contributed by atoms with van der Waals surface area (Å²) >= 11 is 0. The van der Waals surface area contributed by atoms with Crippen molar-refractivity contribution >= 4 is 11.8 Å². The molecule has 25 heavy (non-hydrogen) atoms. The minimum atomic E-state index is 0.0199. The van der Waals surface area contributed by atoms with Gasteiger partial charge in [-0.25, -0.2) is 4.98 Å². The number of nitrogens with two attached hydrogens (primary N) is 1. The molecule has 1 aliphatic heterocycles. The van der Waals surface area contributed by atoms with Crippen LogP contribution in [0.25, 0.3) is 0 Å². The number of morpholine rings is 1. The number of hydrogen-bond donors (Lipinski definition) is 1. The van der Waals surface area contributed by atoms with Gasteiger partial charge in [-0.05, 0) is 25.7 Å². The first-order chi connectivity index (χ1) is 12.2. The van der Waals surface area contributed by atoms with E-state index in [1.54, 1.807) is 0 Å². The van der Waals surface area contributed by atoms with Crippen LogP contribution in [0.1, 0.15) is 42.7 Å². The van der Waals surface area contributed by atoms with Crippen molar-refractivity contribution in [2.45, 2.75) is 51.6 Å². The zero-order valence-electron chi connectivity index (χ0n) is 14.6. The Bertz CT molecular complexity index is 747. The van der Waals surface area contributed by atoms with Gasteiger partial charge in [-0.2, -0.15) is 9.97 Å². The van der Waals surface area contributed by atoms with Crippen molar-refractivity contribution in [3.8, 4) is 0 Å². The Labute approximate surface area is 146 Å². The third kappa shape index (κ3) is 3.44. The van der Waals surface area contributed by atoms with Crippen molar-refractivity contribution in [3.05, 3.63) is 23.0 Å². The third-order valence-corrected chi connectivity index (χ3v) is 4.84. The van der Waals surface area contributed by atoms with Crippen LogP contribution in [-0.2, 0) is 30.4 Å². The fourth-order valence-electron chi connectivity index (χ4n) is 3.61. The molecule has 8 heteroatoms. The second kappa shape index (κ2) is 6.95. The van der Waals surface area contributed by atoms with Crippen LogP contribution in [0.2, 0.25) is 0 Å². The number of nitrogens with zero attached hydrogens (tertiary/aromatic N) is 5. The van der Waals surface area contributed by atoms with Gasteiger partial charge in [-0.15, -0.1) is 0 Å². The lowest BCUT2D eigenvalue weighted by molar-refractivity contribution is 0.0391. The molecule has 0 saturated carbocycles. The smallest absolute Gasteiger partial charge is 0.226 e. The van der Waals surface area contributed by atoms with Gasteiger partial charge in [-0.3, -0.25) is 0 Å². The van der Waals surface area contributed by atoms with Crippen LogP contribution in [0.15, 0.2) is 4.52 Å². The molecule has 0 spiro atoms. The lowest BCUT2D eigenvalue weighted by Gasteiger charge is -2.35. The van der Waals surface area contributed by atoms with Crippen LogP contribution in [0.3, 0.4) is 0 Å². The third-order valence-electron chi connectivity index (χ3n) is 4.84. The second-order valence-corrected chi connectivity index (χ2v) is 6.64. The summed E-state index contributed by atoms with van der Waals surface area (Å²) in [6, 6.07) is 0. The molecular formula is C17H24N6O2. The lowest BCUT2D eigenvalue weighted by Crippen LogP contribution is -2.44. The fraction of sp³-hybridized carbons (Fsp3) is 0.647. The average molecular weight is 344 g/mol. The summed E-state index contributed by atoms with van der Waals surface area (Å²) in [7, 11) is 0. The van der Waals surface area contributed by atoms with Gasteiger partial charge in [0.2, 0.25) is 11.8 Å². The maximum Gasteiger partial charge on any atom is 0.226 e. The number of nitrogen functional groups attached to an aromatic ring is 1. The van der Waals surface area contributed by atoms with Crippen molar-refractivity contribution in [2.75, 3.05) is 30.3 Å². The SMILES string of the molecule is CCc1nc(C[C@@H]2CN(c3nc(N)nc4c3CCCC4)CCO2)no1. The van der Waals surface area contributed by atoms with E-state index in [2.05, 4.69) is 25.0 Å². The Morgan fingerprint density at radius 1 is 1.20 bits per heavy atom. The van der Waals surface area contributed by atoms with Gasteiger partial charge in [-0.1, -0.05) is 12.1 Å².